The summed E-state index contributed by atoms with van der Waals surface area (Å²) in [6.45, 7) is 7.18. The van der Waals surface area contributed by atoms with Crippen LogP contribution in [0.5, 0.6) is 17.2 Å². The Morgan fingerprint density at radius 1 is 0.718 bits per heavy atom. The van der Waals surface area contributed by atoms with Crippen LogP contribution in [0.25, 0.3) is 11.1 Å². The van der Waals surface area contributed by atoms with Crippen LogP contribution in [0, 0.1) is 0 Å². The highest BCUT2D eigenvalue weighted by Gasteiger charge is 2.10. The Balaban J connectivity index is 1.44. The number of hydrogen-bond donors (Lipinski definition) is 0. The van der Waals surface area contributed by atoms with Gasteiger partial charge in [0.05, 0.1) is 18.3 Å². The maximum absolute atomic E-state index is 12.6. The van der Waals surface area contributed by atoms with E-state index in [0.29, 0.717) is 17.9 Å². The molecule has 0 aliphatic heterocycles. The first-order valence-corrected chi connectivity index (χ1v) is 14.6. The topological polar surface area (TPSA) is 44.8 Å². The molecule has 39 heavy (non-hydrogen) atoms. The molecule has 3 aromatic carbocycles. The average Bonchev–Trinajstić information content (AvgIpc) is 2.96. The molecule has 0 aliphatic rings. The zero-order chi connectivity index (χ0) is 27.7. The Bertz CT molecular complexity index is 1110. The third-order valence-corrected chi connectivity index (χ3v) is 6.58. The van der Waals surface area contributed by atoms with Crippen molar-refractivity contribution in [3.05, 3.63) is 90.5 Å². The fourth-order valence-electron chi connectivity index (χ4n) is 4.28. The number of carbonyl (C=O) groups is 1. The largest absolute Gasteiger partial charge is 0.494 e. The van der Waals surface area contributed by atoms with E-state index in [9.17, 15) is 4.79 Å². The first-order chi connectivity index (χ1) is 19.1. The minimum absolute atomic E-state index is 0.216. The summed E-state index contributed by atoms with van der Waals surface area (Å²) in [5.74, 6) is 1.78. The molecule has 0 fully saturated rings. The van der Waals surface area contributed by atoms with E-state index in [1.54, 1.807) is 12.1 Å². The predicted octanol–water partition coefficient (Wildman–Crippen LogP) is 9.83. The smallest absolute Gasteiger partial charge is 0.343 e. The Labute approximate surface area is 235 Å². The van der Waals surface area contributed by atoms with Gasteiger partial charge in [0, 0.05) is 0 Å². The highest BCUT2D eigenvalue weighted by atomic mass is 16.5. The SMILES string of the molecule is CC/C=C\CCCCOc1ccc(C(=O)Oc2ccc(-c3ccc(O[C@@H](C)CCCCCC)cc3)cc2)cc1. The summed E-state index contributed by atoms with van der Waals surface area (Å²) in [5, 5.41) is 0. The lowest BCUT2D eigenvalue weighted by Crippen LogP contribution is -2.11. The molecule has 0 aliphatic carbocycles. The van der Waals surface area contributed by atoms with Gasteiger partial charge >= 0.3 is 5.97 Å². The summed E-state index contributed by atoms with van der Waals surface area (Å²) in [7, 11) is 0. The van der Waals surface area contributed by atoms with Crippen molar-refractivity contribution in [2.45, 2.75) is 84.7 Å². The maximum atomic E-state index is 12.6. The fourth-order valence-corrected chi connectivity index (χ4v) is 4.28. The molecule has 0 radical (unpaired) electrons. The van der Waals surface area contributed by atoms with Crippen LogP contribution in [0.3, 0.4) is 0 Å². The third-order valence-electron chi connectivity index (χ3n) is 6.58. The van der Waals surface area contributed by atoms with Crippen LogP contribution in [0.2, 0.25) is 0 Å². The van der Waals surface area contributed by atoms with Crippen LogP contribution in [0.15, 0.2) is 84.9 Å². The maximum Gasteiger partial charge on any atom is 0.343 e. The van der Waals surface area contributed by atoms with Gasteiger partial charge in [0.25, 0.3) is 0 Å². The first-order valence-electron chi connectivity index (χ1n) is 14.6. The zero-order valence-corrected chi connectivity index (χ0v) is 23.9. The Hall–Kier alpha value is -3.53. The van der Waals surface area contributed by atoms with Crippen LogP contribution < -0.4 is 14.2 Å². The summed E-state index contributed by atoms with van der Waals surface area (Å²) in [4.78, 5) is 12.6. The van der Waals surface area contributed by atoms with Gasteiger partial charge in [-0.1, -0.05) is 69.5 Å². The molecule has 0 spiro atoms. The van der Waals surface area contributed by atoms with Crippen LogP contribution >= 0.6 is 0 Å². The summed E-state index contributed by atoms with van der Waals surface area (Å²) in [5.41, 5.74) is 2.63. The van der Waals surface area contributed by atoms with Crippen LogP contribution in [-0.4, -0.2) is 18.7 Å². The van der Waals surface area contributed by atoms with Crippen LogP contribution in [0.1, 0.15) is 88.9 Å². The highest BCUT2D eigenvalue weighted by molar-refractivity contribution is 5.91. The van der Waals surface area contributed by atoms with Gasteiger partial charge in [-0.15, -0.1) is 0 Å². The van der Waals surface area contributed by atoms with Gasteiger partial charge in [0.1, 0.15) is 17.2 Å². The molecule has 4 heteroatoms. The van der Waals surface area contributed by atoms with E-state index in [2.05, 4.69) is 45.1 Å². The number of benzene rings is 3. The molecule has 0 saturated carbocycles. The second-order valence-electron chi connectivity index (χ2n) is 9.96. The molecular formula is C35H44O4. The lowest BCUT2D eigenvalue weighted by Gasteiger charge is -2.15. The van der Waals surface area contributed by atoms with Crippen molar-refractivity contribution in [1.29, 1.82) is 0 Å². The molecule has 3 aromatic rings. The second kappa shape index (κ2) is 17.1. The van der Waals surface area contributed by atoms with E-state index in [1.165, 1.54) is 25.7 Å². The van der Waals surface area contributed by atoms with E-state index in [-0.39, 0.29) is 12.1 Å². The molecule has 4 nitrogen and oxygen atoms in total. The molecule has 0 amide bonds. The van der Waals surface area contributed by atoms with Crippen LogP contribution in [-0.2, 0) is 0 Å². The standard InChI is InChI=1S/C35H44O4/c1-4-6-8-10-11-13-27-37-32-21-19-31(20-22-32)35(36)39-34-25-17-30(18-26-34)29-15-23-33(24-16-29)38-28(3)14-12-9-7-5-2/h6,8,15-26,28H,4-5,7,9-14,27H2,1-3H3/b8-6-/t28-/m0/s1. The van der Waals surface area contributed by atoms with Gasteiger partial charge in [-0.25, -0.2) is 4.79 Å². The fraction of sp³-hybridized carbons (Fsp3) is 0.400. The van der Waals surface area contributed by atoms with E-state index in [4.69, 9.17) is 14.2 Å². The van der Waals surface area contributed by atoms with Crippen LogP contribution in [0.4, 0.5) is 0 Å². The quantitative estimate of drug-likeness (QED) is 0.0757. The van der Waals surface area contributed by atoms with E-state index in [1.807, 2.05) is 48.5 Å². The zero-order valence-electron chi connectivity index (χ0n) is 23.9. The summed E-state index contributed by atoms with van der Waals surface area (Å²) in [6, 6.07) is 22.8. The number of esters is 1. The van der Waals surface area contributed by atoms with Gasteiger partial charge in [-0.2, -0.15) is 0 Å². The Morgan fingerprint density at radius 2 is 1.36 bits per heavy atom. The molecule has 0 unspecified atom stereocenters. The number of hydrogen-bond acceptors (Lipinski definition) is 4. The molecular weight excluding hydrogens is 484 g/mol. The molecule has 3 rings (SSSR count). The Morgan fingerprint density at radius 3 is 2.00 bits per heavy atom. The number of unbranched alkanes of at least 4 members (excludes halogenated alkanes) is 5. The number of ether oxygens (including phenoxy) is 3. The Kier molecular flexibility index (Phi) is 13.2. The minimum Gasteiger partial charge on any atom is -0.494 e. The highest BCUT2D eigenvalue weighted by Crippen LogP contribution is 2.26. The van der Waals surface area contributed by atoms with Crippen molar-refractivity contribution in [3.63, 3.8) is 0 Å². The number of allylic oxidation sites excluding steroid dienone is 2. The molecule has 0 saturated heterocycles. The molecule has 0 aromatic heterocycles. The molecule has 208 valence electrons. The van der Waals surface area contributed by atoms with Gasteiger partial charge in [-0.3, -0.25) is 0 Å². The van der Waals surface area contributed by atoms with E-state index in [0.717, 1.165) is 54.7 Å². The van der Waals surface area contributed by atoms with Crippen molar-refractivity contribution in [2.75, 3.05) is 6.61 Å². The first kappa shape index (κ1) is 30.0. The predicted molar refractivity (Wildman–Crippen MR) is 161 cm³/mol. The minimum atomic E-state index is -0.387. The van der Waals surface area contributed by atoms with Crippen molar-refractivity contribution in [3.8, 4) is 28.4 Å². The van der Waals surface area contributed by atoms with Gasteiger partial charge in [0.15, 0.2) is 0 Å². The van der Waals surface area contributed by atoms with Gasteiger partial charge < -0.3 is 14.2 Å². The number of carbonyl (C=O) groups excluding carboxylic acids is 1. The molecule has 0 bridgehead atoms. The van der Waals surface area contributed by atoms with Crippen molar-refractivity contribution in [2.24, 2.45) is 0 Å². The van der Waals surface area contributed by atoms with Crippen molar-refractivity contribution in [1.82, 2.24) is 0 Å². The molecule has 0 heterocycles. The van der Waals surface area contributed by atoms with E-state index < -0.39 is 0 Å². The second-order valence-corrected chi connectivity index (χ2v) is 9.96. The van der Waals surface area contributed by atoms with Gasteiger partial charge in [0.2, 0.25) is 0 Å². The summed E-state index contributed by atoms with van der Waals surface area (Å²) < 4.78 is 17.4. The van der Waals surface area contributed by atoms with E-state index >= 15 is 0 Å². The molecule has 0 N–H and O–H groups in total. The lowest BCUT2D eigenvalue weighted by molar-refractivity contribution is 0.0734. The van der Waals surface area contributed by atoms with Gasteiger partial charge in [-0.05, 0) is 105 Å². The third kappa shape index (κ3) is 11.0. The van der Waals surface area contributed by atoms with Crippen molar-refractivity contribution >= 4 is 5.97 Å². The average molecular weight is 529 g/mol. The number of rotatable bonds is 17. The lowest BCUT2D eigenvalue weighted by atomic mass is 10.1. The van der Waals surface area contributed by atoms with Crippen molar-refractivity contribution < 1.29 is 19.0 Å². The summed E-state index contributed by atoms with van der Waals surface area (Å²) in [6.07, 6.45) is 15.0. The summed E-state index contributed by atoms with van der Waals surface area (Å²) >= 11 is 0. The monoisotopic (exact) mass is 528 g/mol. The normalized spacial score (nSPS) is 11.9. The molecule has 1 atom stereocenters.